The van der Waals surface area contributed by atoms with E-state index in [2.05, 4.69) is 6.58 Å². The molecule has 0 fully saturated rings. The minimum absolute atomic E-state index is 1.42. The molecule has 0 saturated heterocycles. The van der Waals surface area contributed by atoms with E-state index in [1.165, 1.54) is 0 Å². The normalized spacial score (nSPS) is 12.8. The fourth-order valence-corrected chi connectivity index (χ4v) is 2.37. The lowest BCUT2D eigenvalue weighted by Crippen LogP contribution is -2.15. The average Bonchev–Trinajstić information content (AvgIpc) is 2.03. The van der Waals surface area contributed by atoms with Gasteiger partial charge in [0, 0.05) is 0 Å². The molecule has 0 amide bonds. The van der Waals surface area contributed by atoms with Crippen LogP contribution in [-0.4, -0.2) is 28.8 Å². The summed E-state index contributed by atoms with van der Waals surface area (Å²) in [4.78, 5) is 0. The molecule has 0 aliphatic carbocycles. The van der Waals surface area contributed by atoms with E-state index in [0.717, 1.165) is 0 Å². The summed E-state index contributed by atoms with van der Waals surface area (Å²) in [5.74, 6) is 0. The Morgan fingerprint density at radius 1 is 1.00 bits per heavy atom. The van der Waals surface area contributed by atoms with Crippen LogP contribution in [0.15, 0.2) is 10.8 Å². The van der Waals surface area contributed by atoms with Crippen LogP contribution in [0.2, 0.25) is 0 Å². The van der Waals surface area contributed by atoms with Gasteiger partial charge < -0.3 is 0 Å². The largest absolute Gasteiger partial charge is 0.233 e. The van der Waals surface area contributed by atoms with Crippen molar-refractivity contribution in [1.29, 1.82) is 0 Å². The van der Waals surface area contributed by atoms with Gasteiger partial charge in [-0.25, -0.2) is 25.6 Å². The molecule has 0 unspecified atom stereocenters. The van der Waals surface area contributed by atoms with Crippen LogP contribution >= 0.6 is 0 Å². The number of hydrogen-bond acceptors (Lipinski definition) is 4. The molecule has 0 heterocycles. The number of alkyl halides is 2. The molecule has 0 N–H and O–H groups in total. The molecule has 0 spiro atoms. The molecular formula is C4H6F2O4S2. The van der Waals surface area contributed by atoms with Crippen molar-refractivity contribution in [1.82, 2.24) is 0 Å². The lowest BCUT2D eigenvalue weighted by molar-refractivity contribution is 0.532. The van der Waals surface area contributed by atoms with Crippen LogP contribution in [0.4, 0.5) is 8.78 Å². The zero-order valence-electron chi connectivity index (χ0n) is 5.83. The van der Waals surface area contributed by atoms with Gasteiger partial charge in [-0.3, -0.25) is 0 Å². The minimum atomic E-state index is -4.56. The number of sulfone groups is 2. The van der Waals surface area contributed by atoms with Gasteiger partial charge in [-0.1, -0.05) is 6.58 Å². The molecule has 0 rings (SSSR count). The van der Waals surface area contributed by atoms with Crippen molar-refractivity contribution in [2.45, 2.75) is 0 Å². The standard InChI is InChI=1S/C4H6F2O4S2/c1-4(11(7,8)2-5)12(9,10)3-6/h1-3H2. The summed E-state index contributed by atoms with van der Waals surface area (Å²) in [5.41, 5.74) is 0. The Morgan fingerprint density at radius 3 is 1.42 bits per heavy atom. The molecule has 0 aromatic heterocycles. The highest BCUT2D eigenvalue weighted by Gasteiger charge is 2.28. The maximum absolute atomic E-state index is 11.7. The van der Waals surface area contributed by atoms with E-state index in [-0.39, 0.29) is 0 Å². The molecule has 0 aliphatic heterocycles. The lowest BCUT2D eigenvalue weighted by atomic mass is 11.2. The number of halogens is 2. The highest BCUT2D eigenvalue weighted by molar-refractivity contribution is 8.14. The molecular weight excluding hydrogens is 214 g/mol. The maximum atomic E-state index is 11.7. The number of rotatable bonds is 4. The van der Waals surface area contributed by atoms with Gasteiger partial charge in [0.1, 0.15) is 0 Å². The van der Waals surface area contributed by atoms with Crippen LogP contribution in [-0.2, 0) is 19.7 Å². The second-order valence-corrected chi connectivity index (χ2v) is 5.96. The molecule has 0 radical (unpaired) electrons. The summed E-state index contributed by atoms with van der Waals surface area (Å²) in [6, 6.07) is -3.80. The molecule has 0 aliphatic rings. The van der Waals surface area contributed by atoms with Crippen LogP contribution in [0.5, 0.6) is 0 Å². The van der Waals surface area contributed by atoms with Crippen molar-refractivity contribution in [3.63, 3.8) is 0 Å². The SMILES string of the molecule is C=C(S(=O)(=O)CF)S(=O)(=O)CF. The van der Waals surface area contributed by atoms with Gasteiger partial charge in [0.25, 0.3) is 0 Å². The van der Waals surface area contributed by atoms with Crippen LogP contribution in [0.25, 0.3) is 0 Å². The van der Waals surface area contributed by atoms with Crippen LogP contribution < -0.4 is 0 Å². The van der Waals surface area contributed by atoms with Crippen LogP contribution in [0.3, 0.4) is 0 Å². The van der Waals surface area contributed by atoms with E-state index >= 15 is 0 Å². The first kappa shape index (κ1) is 11.5. The quantitative estimate of drug-likeness (QED) is 0.675. The highest BCUT2D eigenvalue weighted by Crippen LogP contribution is 2.14. The summed E-state index contributed by atoms with van der Waals surface area (Å²) in [7, 11) is -9.11. The fraction of sp³-hybridized carbons (Fsp3) is 0.500. The van der Waals surface area contributed by atoms with Gasteiger partial charge in [-0.15, -0.1) is 0 Å². The summed E-state index contributed by atoms with van der Waals surface area (Å²) in [6.45, 7) is 2.58. The Bertz CT molecular complexity index is 330. The zero-order valence-corrected chi connectivity index (χ0v) is 7.46. The summed E-state index contributed by atoms with van der Waals surface area (Å²) in [5, 5.41) is 0. The predicted molar refractivity (Wildman–Crippen MR) is 38.9 cm³/mol. The van der Waals surface area contributed by atoms with Gasteiger partial charge in [0.2, 0.25) is 19.7 Å². The van der Waals surface area contributed by atoms with Crippen LogP contribution in [0, 0.1) is 0 Å². The number of hydrogen-bond donors (Lipinski definition) is 0. The third kappa shape index (κ3) is 2.24. The molecule has 8 heteroatoms. The van der Waals surface area contributed by atoms with Crippen molar-refractivity contribution in [3.05, 3.63) is 10.8 Å². The van der Waals surface area contributed by atoms with Crippen LogP contribution in [0.1, 0.15) is 0 Å². The Hall–Kier alpha value is -0.500. The summed E-state index contributed by atoms with van der Waals surface area (Å²) < 4.78 is 63.8. The average molecular weight is 220 g/mol. The third-order valence-corrected chi connectivity index (χ3v) is 4.47. The van der Waals surface area contributed by atoms with Crippen molar-refractivity contribution in [2.24, 2.45) is 0 Å². The minimum Gasteiger partial charge on any atom is -0.233 e. The van der Waals surface area contributed by atoms with Crippen molar-refractivity contribution >= 4 is 19.7 Å². The third-order valence-electron chi connectivity index (χ3n) is 0.981. The molecule has 0 aromatic carbocycles. The van der Waals surface area contributed by atoms with Crippen molar-refractivity contribution < 1.29 is 25.6 Å². The Labute approximate surface area is 68.7 Å². The van der Waals surface area contributed by atoms with Gasteiger partial charge in [0.15, 0.2) is 16.3 Å². The molecule has 0 saturated carbocycles. The summed E-state index contributed by atoms with van der Waals surface area (Å²) >= 11 is 0. The van der Waals surface area contributed by atoms with E-state index in [0.29, 0.717) is 0 Å². The molecule has 4 nitrogen and oxygen atoms in total. The van der Waals surface area contributed by atoms with Crippen molar-refractivity contribution in [3.8, 4) is 0 Å². The van der Waals surface area contributed by atoms with E-state index in [9.17, 15) is 25.6 Å². The van der Waals surface area contributed by atoms with E-state index in [1.807, 2.05) is 0 Å². The Kier molecular flexibility index (Phi) is 3.34. The maximum Gasteiger partial charge on any atom is 0.217 e. The molecule has 72 valence electrons. The van der Waals surface area contributed by atoms with Gasteiger partial charge in [0.05, 0.1) is 0 Å². The molecule has 0 aromatic rings. The monoisotopic (exact) mass is 220 g/mol. The van der Waals surface area contributed by atoms with Gasteiger partial charge >= 0.3 is 0 Å². The first-order valence-electron chi connectivity index (χ1n) is 2.54. The van der Waals surface area contributed by atoms with Crippen molar-refractivity contribution in [2.75, 3.05) is 12.0 Å². The smallest absolute Gasteiger partial charge is 0.217 e. The molecule has 0 atom stereocenters. The van der Waals surface area contributed by atoms with E-state index in [1.54, 1.807) is 0 Å². The van der Waals surface area contributed by atoms with E-state index < -0.39 is 35.9 Å². The van der Waals surface area contributed by atoms with E-state index in [4.69, 9.17) is 0 Å². The molecule has 0 bridgehead atoms. The zero-order chi connectivity index (χ0) is 9.99. The van der Waals surface area contributed by atoms with Gasteiger partial charge in [-0.2, -0.15) is 0 Å². The topological polar surface area (TPSA) is 68.3 Å². The lowest BCUT2D eigenvalue weighted by Gasteiger charge is -2.00. The molecule has 12 heavy (non-hydrogen) atoms. The fourth-order valence-electron chi connectivity index (χ4n) is 0.315. The second-order valence-electron chi connectivity index (χ2n) is 1.82. The highest BCUT2D eigenvalue weighted by atomic mass is 32.3. The summed E-state index contributed by atoms with van der Waals surface area (Å²) in [6.07, 6.45) is 0. The first-order chi connectivity index (χ1) is 5.28. The van der Waals surface area contributed by atoms with Gasteiger partial charge in [-0.05, 0) is 0 Å². The Morgan fingerprint density at radius 2 is 1.25 bits per heavy atom. The predicted octanol–water partition coefficient (Wildman–Crippen LogP) is 0.141. The Balaban J connectivity index is 5.16. The first-order valence-corrected chi connectivity index (χ1v) is 5.84. The second kappa shape index (κ2) is 3.48.